The van der Waals surface area contributed by atoms with Crippen molar-refractivity contribution in [2.75, 3.05) is 23.3 Å². The van der Waals surface area contributed by atoms with E-state index >= 15 is 0 Å². The van der Waals surface area contributed by atoms with Crippen molar-refractivity contribution in [1.82, 2.24) is 5.32 Å². The van der Waals surface area contributed by atoms with Crippen LogP contribution in [0.3, 0.4) is 0 Å². The summed E-state index contributed by atoms with van der Waals surface area (Å²) >= 11 is 1.31. The first-order valence-corrected chi connectivity index (χ1v) is 11.3. The summed E-state index contributed by atoms with van der Waals surface area (Å²) in [5.41, 5.74) is 0.763. The monoisotopic (exact) mass is 419 g/mol. The summed E-state index contributed by atoms with van der Waals surface area (Å²) in [5.74, 6) is 0.407. The highest BCUT2D eigenvalue weighted by Gasteiger charge is 2.36. The molecule has 3 amide bonds. The zero-order valence-electron chi connectivity index (χ0n) is 17.3. The van der Waals surface area contributed by atoms with Gasteiger partial charge in [0, 0.05) is 24.6 Å². The van der Waals surface area contributed by atoms with Gasteiger partial charge in [-0.25, -0.2) is 4.79 Å². The van der Waals surface area contributed by atoms with Crippen LogP contribution in [0.15, 0.2) is 0 Å². The molecule has 0 unspecified atom stereocenters. The molecule has 0 aromatic carbocycles. The zero-order chi connectivity index (χ0) is 20.8. The predicted molar refractivity (Wildman–Crippen MR) is 113 cm³/mol. The highest BCUT2D eigenvalue weighted by Crippen LogP contribution is 2.44. The quantitative estimate of drug-likeness (QED) is 0.757. The van der Waals surface area contributed by atoms with Gasteiger partial charge in [-0.3, -0.25) is 14.5 Å². The van der Waals surface area contributed by atoms with E-state index in [0.29, 0.717) is 41.0 Å². The standard InChI is InChI=1S/C21H29N3O4S/c1-21(2,3)28-20(27)24-10-4-5-14-15(17(26)22-11-12-6-7-12)18(29-19(14)24)23-16(25)13-8-9-13/h12-13H,4-11H2,1-3H3,(H,22,26)(H,23,25). The second-order valence-electron chi connectivity index (χ2n) is 9.24. The number of ether oxygens (including phenoxy) is 1. The Morgan fingerprint density at radius 3 is 2.52 bits per heavy atom. The molecule has 2 heterocycles. The molecular weight excluding hydrogens is 390 g/mol. The lowest BCUT2D eigenvalue weighted by Gasteiger charge is -2.29. The van der Waals surface area contributed by atoms with Crippen LogP contribution in [0, 0.1) is 11.8 Å². The summed E-state index contributed by atoms with van der Waals surface area (Å²) in [6.07, 6.45) is 5.14. The van der Waals surface area contributed by atoms with Crippen LogP contribution in [0.1, 0.15) is 68.8 Å². The number of nitrogens with zero attached hydrogens (tertiary/aromatic N) is 1. The van der Waals surface area contributed by atoms with E-state index in [4.69, 9.17) is 4.74 Å². The molecule has 0 saturated heterocycles. The average molecular weight is 420 g/mol. The molecule has 1 aromatic heterocycles. The molecule has 7 nitrogen and oxygen atoms in total. The lowest BCUT2D eigenvalue weighted by molar-refractivity contribution is -0.117. The fourth-order valence-electron chi connectivity index (χ4n) is 3.44. The highest BCUT2D eigenvalue weighted by atomic mass is 32.1. The van der Waals surface area contributed by atoms with Crippen molar-refractivity contribution in [2.45, 2.75) is 64.9 Å². The molecule has 0 bridgehead atoms. The molecular formula is C21H29N3O4S. The second kappa shape index (κ2) is 7.63. The first-order chi connectivity index (χ1) is 13.7. The topological polar surface area (TPSA) is 87.7 Å². The Morgan fingerprint density at radius 2 is 1.90 bits per heavy atom. The van der Waals surface area contributed by atoms with Gasteiger partial charge >= 0.3 is 6.09 Å². The maximum atomic E-state index is 13.0. The number of hydrogen-bond acceptors (Lipinski definition) is 5. The largest absolute Gasteiger partial charge is 0.443 e. The van der Waals surface area contributed by atoms with Crippen molar-refractivity contribution in [3.63, 3.8) is 0 Å². The van der Waals surface area contributed by atoms with Gasteiger partial charge in [-0.05, 0) is 65.2 Å². The third kappa shape index (κ3) is 4.74. The van der Waals surface area contributed by atoms with E-state index in [9.17, 15) is 14.4 Å². The first kappa shape index (κ1) is 20.2. The minimum Gasteiger partial charge on any atom is -0.443 e. The van der Waals surface area contributed by atoms with Gasteiger partial charge in [0.25, 0.3) is 5.91 Å². The van der Waals surface area contributed by atoms with E-state index in [1.165, 1.54) is 11.3 Å². The molecule has 3 aliphatic rings. The summed E-state index contributed by atoms with van der Waals surface area (Å²) < 4.78 is 5.57. The van der Waals surface area contributed by atoms with E-state index in [2.05, 4.69) is 10.6 Å². The summed E-state index contributed by atoms with van der Waals surface area (Å²) in [6.45, 7) is 6.71. The molecule has 0 spiro atoms. The number of hydrogen-bond donors (Lipinski definition) is 2. The van der Waals surface area contributed by atoms with Crippen molar-refractivity contribution < 1.29 is 19.1 Å². The number of carbonyl (C=O) groups is 3. The number of fused-ring (bicyclic) bond motifs is 1. The van der Waals surface area contributed by atoms with Gasteiger partial charge in [0.1, 0.15) is 15.6 Å². The van der Waals surface area contributed by atoms with Crippen LogP contribution in [0.5, 0.6) is 0 Å². The number of carbonyl (C=O) groups excluding carboxylic acids is 3. The van der Waals surface area contributed by atoms with Crippen LogP contribution in [0.4, 0.5) is 14.8 Å². The summed E-state index contributed by atoms with van der Waals surface area (Å²) in [4.78, 5) is 39.8. The molecule has 158 valence electrons. The van der Waals surface area contributed by atoms with E-state index in [-0.39, 0.29) is 17.7 Å². The molecule has 1 aromatic rings. The van der Waals surface area contributed by atoms with E-state index in [1.807, 2.05) is 20.8 Å². The van der Waals surface area contributed by atoms with Gasteiger partial charge in [0.2, 0.25) is 5.91 Å². The Balaban J connectivity index is 1.63. The Bertz CT molecular complexity index is 834. The van der Waals surface area contributed by atoms with Crippen molar-refractivity contribution in [2.24, 2.45) is 11.8 Å². The van der Waals surface area contributed by atoms with Crippen LogP contribution in [-0.4, -0.2) is 36.6 Å². The lowest BCUT2D eigenvalue weighted by atomic mass is 10.0. The van der Waals surface area contributed by atoms with Gasteiger partial charge < -0.3 is 15.4 Å². The minimum absolute atomic E-state index is 0.0383. The van der Waals surface area contributed by atoms with Gasteiger partial charge in [-0.2, -0.15) is 0 Å². The highest BCUT2D eigenvalue weighted by molar-refractivity contribution is 7.21. The van der Waals surface area contributed by atoms with Gasteiger partial charge in [0.15, 0.2) is 0 Å². The van der Waals surface area contributed by atoms with Crippen LogP contribution in [0.2, 0.25) is 0 Å². The number of nitrogens with one attached hydrogen (secondary N) is 2. The van der Waals surface area contributed by atoms with Crippen LogP contribution in [-0.2, 0) is 16.0 Å². The van der Waals surface area contributed by atoms with Crippen LogP contribution < -0.4 is 15.5 Å². The zero-order valence-corrected chi connectivity index (χ0v) is 18.1. The third-order valence-corrected chi connectivity index (χ3v) is 6.48. The summed E-state index contributed by atoms with van der Waals surface area (Å²) in [7, 11) is 0. The van der Waals surface area contributed by atoms with Gasteiger partial charge in [-0.15, -0.1) is 0 Å². The Morgan fingerprint density at radius 1 is 1.17 bits per heavy atom. The fourth-order valence-corrected chi connectivity index (χ4v) is 4.71. The third-order valence-electron chi connectivity index (χ3n) is 5.31. The number of amides is 3. The van der Waals surface area contributed by atoms with E-state index in [1.54, 1.807) is 4.90 Å². The van der Waals surface area contributed by atoms with Crippen molar-refractivity contribution in [3.05, 3.63) is 11.1 Å². The van der Waals surface area contributed by atoms with Crippen molar-refractivity contribution in [3.8, 4) is 0 Å². The van der Waals surface area contributed by atoms with Gasteiger partial charge in [-0.1, -0.05) is 11.3 Å². The minimum atomic E-state index is -0.598. The first-order valence-electron chi connectivity index (χ1n) is 10.5. The van der Waals surface area contributed by atoms with Crippen molar-refractivity contribution in [1.29, 1.82) is 0 Å². The number of rotatable bonds is 5. The van der Waals surface area contributed by atoms with Gasteiger partial charge in [0.05, 0.1) is 5.56 Å². The molecule has 2 saturated carbocycles. The number of anilines is 2. The summed E-state index contributed by atoms with van der Waals surface area (Å²) in [5, 5.41) is 7.25. The molecule has 0 atom stereocenters. The average Bonchev–Trinajstić information content (AvgIpc) is 3.54. The Kier molecular flexibility index (Phi) is 5.31. The fraction of sp³-hybridized carbons (Fsp3) is 0.667. The summed E-state index contributed by atoms with van der Waals surface area (Å²) in [6, 6.07) is 0. The second-order valence-corrected chi connectivity index (χ2v) is 10.2. The number of thiophene rings is 1. The maximum absolute atomic E-state index is 13.0. The predicted octanol–water partition coefficient (Wildman–Crippen LogP) is 3.92. The molecule has 29 heavy (non-hydrogen) atoms. The maximum Gasteiger partial charge on any atom is 0.415 e. The lowest BCUT2D eigenvalue weighted by Crippen LogP contribution is -2.39. The smallest absolute Gasteiger partial charge is 0.415 e. The molecule has 0 radical (unpaired) electrons. The molecule has 2 N–H and O–H groups in total. The molecule has 2 fully saturated rings. The van der Waals surface area contributed by atoms with Crippen molar-refractivity contribution >= 4 is 39.2 Å². The Labute approximate surface area is 175 Å². The van der Waals surface area contributed by atoms with Crippen LogP contribution in [0.25, 0.3) is 0 Å². The molecule has 8 heteroatoms. The molecule has 4 rings (SSSR count). The van der Waals surface area contributed by atoms with Crippen LogP contribution >= 0.6 is 11.3 Å². The normalized spacial score (nSPS) is 18.8. The molecule has 2 aliphatic carbocycles. The van der Waals surface area contributed by atoms with E-state index in [0.717, 1.165) is 37.7 Å². The molecule has 1 aliphatic heterocycles. The SMILES string of the molecule is CC(C)(C)OC(=O)N1CCCc2c1sc(NC(=O)C1CC1)c2C(=O)NCC1CC1. The van der Waals surface area contributed by atoms with E-state index < -0.39 is 11.7 Å². The Hall–Kier alpha value is -2.09.